The number of alkyl halides is 3. The molecule has 0 N–H and O–H groups in total. The Kier molecular flexibility index (Phi) is 3.40. The predicted molar refractivity (Wildman–Crippen MR) is 50.7 cm³/mol. The lowest BCUT2D eigenvalue weighted by Gasteiger charge is -2.08. The summed E-state index contributed by atoms with van der Waals surface area (Å²) < 4.78 is 40.5. The molecule has 0 aliphatic heterocycles. The molecule has 1 aromatic carbocycles. The highest BCUT2D eigenvalue weighted by molar-refractivity contribution is 14.1. The highest BCUT2D eigenvalue weighted by atomic mass is 127. The quantitative estimate of drug-likeness (QED) is 0.762. The topological polar surface area (TPSA) is 9.23 Å². The Bertz CT molecular complexity index is 268. The van der Waals surface area contributed by atoms with E-state index in [-0.39, 0.29) is 5.75 Å². The van der Waals surface area contributed by atoms with Crippen molar-refractivity contribution < 1.29 is 17.9 Å². The molecule has 0 unspecified atom stereocenters. The standard InChI is InChI=1S/C8H6F3IO/c9-8(10,11)5-13-7-3-1-6(12)2-4-7/h1-4H,5H2. The van der Waals surface area contributed by atoms with E-state index in [0.717, 1.165) is 3.57 Å². The van der Waals surface area contributed by atoms with Crippen molar-refractivity contribution in [2.75, 3.05) is 6.61 Å². The minimum atomic E-state index is -4.27. The van der Waals surface area contributed by atoms with E-state index in [1.165, 1.54) is 12.1 Å². The third-order valence-corrected chi connectivity index (χ3v) is 1.94. The van der Waals surface area contributed by atoms with Crippen LogP contribution in [0.25, 0.3) is 0 Å². The summed E-state index contributed by atoms with van der Waals surface area (Å²) in [6.07, 6.45) is -4.27. The Balaban J connectivity index is 2.51. The van der Waals surface area contributed by atoms with Crippen LogP contribution in [0, 0.1) is 3.57 Å². The summed E-state index contributed by atoms with van der Waals surface area (Å²) in [4.78, 5) is 0. The van der Waals surface area contributed by atoms with E-state index in [0.29, 0.717) is 0 Å². The monoisotopic (exact) mass is 302 g/mol. The number of ether oxygens (including phenoxy) is 1. The van der Waals surface area contributed by atoms with Gasteiger partial charge in [0.15, 0.2) is 6.61 Å². The van der Waals surface area contributed by atoms with Crippen molar-refractivity contribution in [3.05, 3.63) is 27.8 Å². The van der Waals surface area contributed by atoms with Crippen molar-refractivity contribution >= 4 is 22.6 Å². The number of benzene rings is 1. The highest BCUT2D eigenvalue weighted by Gasteiger charge is 2.28. The van der Waals surface area contributed by atoms with Crippen LogP contribution in [-0.4, -0.2) is 12.8 Å². The van der Waals surface area contributed by atoms with Gasteiger partial charge in [-0.15, -0.1) is 0 Å². The van der Waals surface area contributed by atoms with Crippen molar-refractivity contribution in [1.82, 2.24) is 0 Å². The van der Waals surface area contributed by atoms with Crippen molar-refractivity contribution in [3.63, 3.8) is 0 Å². The van der Waals surface area contributed by atoms with Crippen LogP contribution in [0.1, 0.15) is 0 Å². The molecule has 0 amide bonds. The van der Waals surface area contributed by atoms with Gasteiger partial charge in [-0.3, -0.25) is 0 Å². The van der Waals surface area contributed by atoms with Gasteiger partial charge in [-0.2, -0.15) is 13.2 Å². The maximum atomic E-state index is 11.7. The molecule has 13 heavy (non-hydrogen) atoms. The second-order valence-electron chi connectivity index (χ2n) is 2.36. The van der Waals surface area contributed by atoms with Gasteiger partial charge in [0.05, 0.1) is 0 Å². The van der Waals surface area contributed by atoms with Crippen LogP contribution in [0.4, 0.5) is 13.2 Å². The summed E-state index contributed by atoms with van der Waals surface area (Å²) >= 11 is 2.06. The van der Waals surface area contributed by atoms with Gasteiger partial charge in [0.25, 0.3) is 0 Å². The molecule has 0 fully saturated rings. The fraction of sp³-hybridized carbons (Fsp3) is 0.250. The van der Waals surface area contributed by atoms with Gasteiger partial charge in [0, 0.05) is 3.57 Å². The van der Waals surface area contributed by atoms with Gasteiger partial charge < -0.3 is 4.74 Å². The zero-order valence-corrected chi connectivity index (χ0v) is 8.59. The summed E-state index contributed by atoms with van der Waals surface area (Å²) in [5, 5.41) is 0. The lowest BCUT2D eigenvalue weighted by atomic mass is 10.3. The molecule has 0 radical (unpaired) electrons. The SMILES string of the molecule is FC(F)(F)COc1ccc(I)cc1. The smallest absolute Gasteiger partial charge is 0.422 e. The molecule has 0 aliphatic rings. The van der Waals surface area contributed by atoms with Crippen molar-refractivity contribution in [2.24, 2.45) is 0 Å². The molecule has 0 saturated heterocycles. The van der Waals surface area contributed by atoms with Crippen molar-refractivity contribution in [1.29, 1.82) is 0 Å². The molecule has 1 aromatic rings. The summed E-state index contributed by atoms with van der Waals surface area (Å²) in [7, 11) is 0. The van der Waals surface area contributed by atoms with E-state index >= 15 is 0 Å². The summed E-state index contributed by atoms with van der Waals surface area (Å²) in [5.74, 6) is 0.234. The lowest BCUT2D eigenvalue weighted by molar-refractivity contribution is -0.153. The average molecular weight is 302 g/mol. The van der Waals surface area contributed by atoms with Crippen LogP contribution in [0.2, 0.25) is 0 Å². The maximum absolute atomic E-state index is 11.7. The van der Waals surface area contributed by atoms with Gasteiger partial charge in [-0.05, 0) is 46.9 Å². The van der Waals surface area contributed by atoms with Gasteiger partial charge >= 0.3 is 6.18 Å². The Morgan fingerprint density at radius 2 is 1.69 bits per heavy atom. The number of halogens is 4. The zero-order chi connectivity index (χ0) is 9.90. The molecule has 0 aromatic heterocycles. The van der Waals surface area contributed by atoms with Crippen molar-refractivity contribution in [2.45, 2.75) is 6.18 Å². The second-order valence-corrected chi connectivity index (χ2v) is 3.60. The van der Waals surface area contributed by atoms with E-state index in [1.807, 2.05) is 0 Å². The third kappa shape index (κ3) is 4.35. The molecule has 1 rings (SSSR count). The van der Waals surface area contributed by atoms with Crippen LogP contribution in [-0.2, 0) is 0 Å². The first-order valence-corrected chi connectivity index (χ1v) is 4.50. The van der Waals surface area contributed by atoms with E-state index in [1.54, 1.807) is 12.1 Å². The third-order valence-electron chi connectivity index (χ3n) is 1.22. The first-order chi connectivity index (χ1) is 5.97. The van der Waals surface area contributed by atoms with E-state index in [9.17, 15) is 13.2 Å². The molecular weight excluding hydrogens is 296 g/mol. The molecular formula is C8H6F3IO. The van der Waals surface area contributed by atoms with Crippen LogP contribution in [0.3, 0.4) is 0 Å². The second kappa shape index (κ2) is 4.17. The summed E-state index contributed by atoms with van der Waals surface area (Å²) in [6.45, 7) is -1.24. The fourth-order valence-corrected chi connectivity index (χ4v) is 1.06. The molecule has 5 heteroatoms. The average Bonchev–Trinajstić information content (AvgIpc) is 2.02. The molecule has 0 aliphatic carbocycles. The van der Waals surface area contributed by atoms with E-state index in [4.69, 9.17) is 0 Å². The fourth-order valence-electron chi connectivity index (χ4n) is 0.696. The van der Waals surface area contributed by atoms with Gasteiger partial charge in [-0.25, -0.2) is 0 Å². The number of rotatable bonds is 2. The Labute approximate surface area is 87.0 Å². The van der Waals surface area contributed by atoms with Crippen LogP contribution in [0.5, 0.6) is 5.75 Å². The first-order valence-electron chi connectivity index (χ1n) is 3.42. The zero-order valence-electron chi connectivity index (χ0n) is 6.44. The molecule has 72 valence electrons. The van der Waals surface area contributed by atoms with Gasteiger partial charge in [0.1, 0.15) is 5.75 Å². The minimum absolute atomic E-state index is 0.234. The Hall–Kier alpha value is -0.460. The molecule has 0 atom stereocenters. The van der Waals surface area contributed by atoms with Crippen LogP contribution in [0.15, 0.2) is 24.3 Å². The molecule has 0 saturated carbocycles. The van der Waals surface area contributed by atoms with E-state index in [2.05, 4.69) is 27.3 Å². The number of hydrogen-bond donors (Lipinski definition) is 0. The highest BCUT2D eigenvalue weighted by Crippen LogP contribution is 2.19. The van der Waals surface area contributed by atoms with E-state index < -0.39 is 12.8 Å². The Morgan fingerprint density at radius 3 is 2.15 bits per heavy atom. The minimum Gasteiger partial charge on any atom is -0.484 e. The molecule has 0 bridgehead atoms. The predicted octanol–water partition coefficient (Wildman–Crippen LogP) is 3.23. The first kappa shape index (κ1) is 10.6. The van der Waals surface area contributed by atoms with Crippen LogP contribution < -0.4 is 4.74 Å². The molecule has 0 spiro atoms. The molecule has 1 nitrogen and oxygen atoms in total. The van der Waals surface area contributed by atoms with Crippen molar-refractivity contribution in [3.8, 4) is 5.75 Å². The van der Waals surface area contributed by atoms with Gasteiger partial charge in [0.2, 0.25) is 0 Å². The largest absolute Gasteiger partial charge is 0.484 e. The Morgan fingerprint density at radius 1 is 1.15 bits per heavy atom. The summed E-state index contributed by atoms with van der Waals surface area (Å²) in [5.41, 5.74) is 0. The van der Waals surface area contributed by atoms with Crippen LogP contribution >= 0.6 is 22.6 Å². The molecule has 0 heterocycles. The normalized spacial score (nSPS) is 11.4. The van der Waals surface area contributed by atoms with Gasteiger partial charge in [-0.1, -0.05) is 0 Å². The number of hydrogen-bond acceptors (Lipinski definition) is 1. The lowest BCUT2D eigenvalue weighted by Crippen LogP contribution is -2.19. The summed E-state index contributed by atoms with van der Waals surface area (Å²) in [6, 6.07) is 6.39. The maximum Gasteiger partial charge on any atom is 0.422 e.